The van der Waals surface area contributed by atoms with Crippen molar-refractivity contribution in [2.75, 3.05) is 6.54 Å². The van der Waals surface area contributed by atoms with Crippen molar-refractivity contribution in [3.05, 3.63) is 48.6 Å². The molecular formula is C23H35NO3. The van der Waals surface area contributed by atoms with Crippen molar-refractivity contribution in [1.29, 1.82) is 0 Å². The Labute approximate surface area is 164 Å². The van der Waals surface area contributed by atoms with Crippen LogP contribution in [0.5, 0.6) is 0 Å². The van der Waals surface area contributed by atoms with Crippen molar-refractivity contribution >= 4 is 11.9 Å². The summed E-state index contributed by atoms with van der Waals surface area (Å²) in [6.07, 6.45) is 26.0. The highest BCUT2D eigenvalue weighted by atomic mass is 16.4. The SMILES string of the molecule is CC/C=C\C/C=C\C/C=C\C/C=C\CCCCC(=O)N1CCC[C@H]1C(=O)O. The van der Waals surface area contributed by atoms with Gasteiger partial charge in [0.2, 0.25) is 5.91 Å². The minimum atomic E-state index is -0.874. The zero-order valence-electron chi connectivity index (χ0n) is 16.7. The molecular weight excluding hydrogens is 338 g/mol. The lowest BCUT2D eigenvalue weighted by atomic mass is 10.1. The van der Waals surface area contributed by atoms with Gasteiger partial charge < -0.3 is 10.0 Å². The minimum absolute atomic E-state index is 0.00921. The average Bonchev–Trinajstić information content (AvgIpc) is 3.15. The third-order valence-electron chi connectivity index (χ3n) is 4.59. The van der Waals surface area contributed by atoms with Crippen LogP contribution in [0.2, 0.25) is 0 Å². The molecule has 0 aromatic carbocycles. The molecule has 0 spiro atoms. The smallest absolute Gasteiger partial charge is 0.326 e. The fraction of sp³-hybridized carbons (Fsp3) is 0.565. The highest BCUT2D eigenvalue weighted by Crippen LogP contribution is 2.19. The van der Waals surface area contributed by atoms with Crippen LogP contribution in [-0.2, 0) is 9.59 Å². The number of carbonyl (C=O) groups is 2. The van der Waals surface area contributed by atoms with Crippen LogP contribution in [-0.4, -0.2) is 34.5 Å². The van der Waals surface area contributed by atoms with Crippen molar-refractivity contribution in [2.24, 2.45) is 0 Å². The first-order chi connectivity index (χ1) is 13.2. The first kappa shape index (κ1) is 22.9. The van der Waals surface area contributed by atoms with Gasteiger partial charge >= 0.3 is 5.97 Å². The van der Waals surface area contributed by atoms with E-state index < -0.39 is 12.0 Å². The van der Waals surface area contributed by atoms with Crippen molar-refractivity contribution < 1.29 is 14.7 Å². The van der Waals surface area contributed by atoms with E-state index in [2.05, 4.69) is 55.5 Å². The van der Waals surface area contributed by atoms with E-state index in [-0.39, 0.29) is 5.91 Å². The Bertz CT molecular complexity index is 546. The number of unbranched alkanes of at least 4 members (excludes halogenated alkanes) is 2. The van der Waals surface area contributed by atoms with Gasteiger partial charge in [0, 0.05) is 13.0 Å². The van der Waals surface area contributed by atoms with Gasteiger partial charge in [0.05, 0.1) is 0 Å². The van der Waals surface area contributed by atoms with Gasteiger partial charge in [0.25, 0.3) is 0 Å². The molecule has 1 amide bonds. The van der Waals surface area contributed by atoms with Crippen LogP contribution in [0.3, 0.4) is 0 Å². The van der Waals surface area contributed by atoms with E-state index >= 15 is 0 Å². The fourth-order valence-corrected chi connectivity index (χ4v) is 3.10. The highest BCUT2D eigenvalue weighted by Gasteiger charge is 2.33. The second-order valence-electron chi connectivity index (χ2n) is 6.83. The molecule has 150 valence electrons. The Morgan fingerprint density at radius 3 is 2.11 bits per heavy atom. The van der Waals surface area contributed by atoms with Gasteiger partial charge in [-0.25, -0.2) is 4.79 Å². The molecule has 4 nitrogen and oxygen atoms in total. The van der Waals surface area contributed by atoms with Crippen molar-refractivity contribution in [3.63, 3.8) is 0 Å². The number of aliphatic carboxylic acids is 1. The second-order valence-corrected chi connectivity index (χ2v) is 6.83. The molecule has 0 saturated carbocycles. The van der Waals surface area contributed by atoms with Crippen molar-refractivity contribution in [1.82, 2.24) is 4.90 Å². The Morgan fingerprint density at radius 1 is 0.926 bits per heavy atom. The summed E-state index contributed by atoms with van der Waals surface area (Å²) in [6.45, 7) is 2.73. The zero-order chi connectivity index (χ0) is 19.7. The molecule has 0 aromatic rings. The summed E-state index contributed by atoms with van der Waals surface area (Å²) in [7, 11) is 0. The van der Waals surface area contributed by atoms with E-state index in [4.69, 9.17) is 5.11 Å². The molecule has 1 aliphatic heterocycles. The first-order valence-electron chi connectivity index (χ1n) is 10.3. The predicted molar refractivity (Wildman–Crippen MR) is 112 cm³/mol. The summed E-state index contributed by atoms with van der Waals surface area (Å²) in [5.41, 5.74) is 0. The maximum Gasteiger partial charge on any atom is 0.326 e. The van der Waals surface area contributed by atoms with Crippen LogP contribution < -0.4 is 0 Å². The lowest BCUT2D eigenvalue weighted by Gasteiger charge is -2.21. The monoisotopic (exact) mass is 373 g/mol. The molecule has 0 aliphatic carbocycles. The normalized spacial score (nSPS) is 18.0. The third kappa shape index (κ3) is 10.6. The number of carboxylic acid groups (broad SMARTS) is 1. The van der Waals surface area contributed by atoms with Gasteiger partial charge in [0.15, 0.2) is 0 Å². The number of amides is 1. The Morgan fingerprint density at radius 2 is 1.52 bits per heavy atom. The van der Waals surface area contributed by atoms with Crippen LogP contribution in [0.4, 0.5) is 0 Å². The van der Waals surface area contributed by atoms with Gasteiger partial charge in [-0.05, 0) is 57.8 Å². The number of nitrogens with zero attached hydrogens (tertiary/aromatic N) is 1. The lowest BCUT2D eigenvalue weighted by Crippen LogP contribution is -2.40. The quantitative estimate of drug-likeness (QED) is 0.346. The Kier molecular flexibility index (Phi) is 12.7. The topological polar surface area (TPSA) is 57.6 Å². The number of likely N-dealkylation sites (tertiary alicyclic amines) is 1. The van der Waals surface area contributed by atoms with E-state index in [1.165, 1.54) is 4.90 Å². The van der Waals surface area contributed by atoms with Crippen LogP contribution >= 0.6 is 0 Å². The molecule has 0 bridgehead atoms. The van der Waals surface area contributed by atoms with E-state index in [1.54, 1.807) is 0 Å². The summed E-state index contributed by atoms with van der Waals surface area (Å²) < 4.78 is 0. The molecule has 0 unspecified atom stereocenters. The Hall–Kier alpha value is -2.10. The van der Waals surface area contributed by atoms with Crippen LogP contribution in [0.1, 0.15) is 71.1 Å². The maximum absolute atomic E-state index is 12.1. The van der Waals surface area contributed by atoms with E-state index in [1.807, 2.05) is 0 Å². The number of allylic oxidation sites excluding steroid dienone is 8. The van der Waals surface area contributed by atoms with Gasteiger partial charge in [-0.1, -0.05) is 55.5 Å². The molecule has 1 saturated heterocycles. The van der Waals surface area contributed by atoms with Crippen LogP contribution in [0.25, 0.3) is 0 Å². The first-order valence-corrected chi connectivity index (χ1v) is 10.3. The number of hydrogen-bond acceptors (Lipinski definition) is 2. The Balaban J connectivity index is 2.03. The zero-order valence-corrected chi connectivity index (χ0v) is 16.7. The summed E-state index contributed by atoms with van der Waals surface area (Å²) in [5.74, 6) is -0.884. The molecule has 1 atom stereocenters. The molecule has 0 radical (unpaired) electrons. The van der Waals surface area contributed by atoms with Crippen LogP contribution in [0.15, 0.2) is 48.6 Å². The number of hydrogen-bond donors (Lipinski definition) is 1. The van der Waals surface area contributed by atoms with E-state index in [0.29, 0.717) is 19.4 Å². The summed E-state index contributed by atoms with van der Waals surface area (Å²) in [6, 6.07) is -0.605. The van der Waals surface area contributed by atoms with Crippen LogP contribution in [0, 0.1) is 0 Å². The van der Waals surface area contributed by atoms with Gasteiger partial charge in [-0.3, -0.25) is 4.79 Å². The third-order valence-corrected chi connectivity index (χ3v) is 4.59. The molecule has 27 heavy (non-hydrogen) atoms. The molecule has 1 N–H and O–H groups in total. The second kappa shape index (κ2) is 15.0. The molecule has 1 rings (SSSR count). The van der Waals surface area contributed by atoms with Crippen molar-refractivity contribution in [2.45, 2.75) is 77.2 Å². The van der Waals surface area contributed by atoms with Crippen molar-refractivity contribution in [3.8, 4) is 0 Å². The summed E-state index contributed by atoms with van der Waals surface area (Å²) in [5, 5.41) is 9.12. The van der Waals surface area contributed by atoms with E-state index in [0.717, 1.165) is 51.4 Å². The lowest BCUT2D eigenvalue weighted by molar-refractivity contribution is -0.148. The predicted octanol–water partition coefficient (Wildman–Crippen LogP) is 5.43. The fourth-order valence-electron chi connectivity index (χ4n) is 3.10. The molecule has 0 aromatic heterocycles. The number of carbonyl (C=O) groups excluding carboxylic acids is 1. The average molecular weight is 374 g/mol. The summed E-state index contributed by atoms with van der Waals surface area (Å²) in [4.78, 5) is 24.8. The standard InChI is InChI=1S/C23H35NO3/c1-2-3-4-5-6-7-8-9-10-11-12-13-14-15-16-19-22(25)24-20-17-18-21(24)23(26)27/h3-4,6-7,9-10,12-13,21H,2,5,8,11,14-20H2,1H3,(H,26,27)/b4-3-,7-6-,10-9-,13-12-/t21-/m0/s1. The highest BCUT2D eigenvalue weighted by molar-refractivity contribution is 5.84. The maximum atomic E-state index is 12.1. The minimum Gasteiger partial charge on any atom is -0.480 e. The molecule has 1 fully saturated rings. The molecule has 4 heteroatoms. The summed E-state index contributed by atoms with van der Waals surface area (Å²) >= 11 is 0. The van der Waals surface area contributed by atoms with Gasteiger partial charge in [-0.2, -0.15) is 0 Å². The number of carboxylic acids is 1. The van der Waals surface area contributed by atoms with Gasteiger partial charge in [0.1, 0.15) is 6.04 Å². The largest absolute Gasteiger partial charge is 0.480 e. The van der Waals surface area contributed by atoms with Gasteiger partial charge in [-0.15, -0.1) is 0 Å². The van der Waals surface area contributed by atoms with E-state index in [9.17, 15) is 9.59 Å². The number of rotatable bonds is 13. The molecule has 1 aliphatic rings. The molecule has 1 heterocycles.